The minimum atomic E-state index is 0.0134. The third-order valence-electron chi connectivity index (χ3n) is 4.87. The molecule has 0 bridgehead atoms. The first-order chi connectivity index (χ1) is 14.5. The van der Waals surface area contributed by atoms with Gasteiger partial charge in [0.2, 0.25) is 5.91 Å². The first-order valence-corrected chi connectivity index (χ1v) is 10.4. The Bertz CT molecular complexity index is 978. The molecular weight excluding hydrogens is 404 g/mol. The highest BCUT2D eigenvalue weighted by Gasteiger charge is 2.18. The van der Waals surface area contributed by atoms with E-state index in [-0.39, 0.29) is 11.9 Å². The van der Waals surface area contributed by atoms with Crippen LogP contribution in [0.5, 0.6) is 0 Å². The molecular formula is C22H27ClN4O3. The van der Waals surface area contributed by atoms with Crippen LogP contribution in [0.4, 0.5) is 5.82 Å². The van der Waals surface area contributed by atoms with Crippen LogP contribution >= 0.6 is 11.6 Å². The molecule has 3 rings (SSSR count). The molecule has 1 N–H and O–H groups in total. The summed E-state index contributed by atoms with van der Waals surface area (Å²) in [5.74, 6) is 1.77. The van der Waals surface area contributed by atoms with Crippen molar-refractivity contribution < 1.29 is 13.9 Å². The number of hydrogen-bond acceptors (Lipinski definition) is 6. The predicted molar refractivity (Wildman–Crippen MR) is 119 cm³/mol. The lowest BCUT2D eigenvalue weighted by Gasteiger charge is -2.25. The van der Waals surface area contributed by atoms with Crippen LogP contribution in [0.1, 0.15) is 26.7 Å². The SMILES string of the molecule is CC[C@@H](C)NC(=O)CCN(CCOC)c1nc(-c2ccco2)nc2cc(Cl)ccc12. The predicted octanol–water partition coefficient (Wildman–Crippen LogP) is 4.30. The topological polar surface area (TPSA) is 80.5 Å². The molecule has 160 valence electrons. The van der Waals surface area contributed by atoms with Gasteiger partial charge in [-0.05, 0) is 43.7 Å². The van der Waals surface area contributed by atoms with E-state index < -0.39 is 0 Å². The summed E-state index contributed by atoms with van der Waals surface area (Å²) in [6, 6.07) is 9.28. The van der Waals surface area contributed by atoms with Crippen molar-refractivity contribution in [1.29, 1.82) is 0 Å². The van der Waals surface area contributed by atoms with Gasteiger partial charge in [0, 0.05) is 43.1 Å². The minimum absolute atomic E-state index is 0.0134. The summed E-state index contributed by atoms with van der Waals surface area (Å²) in [7, 11) is 1.65. The zero-order valence-corrected chi connectivity index (χ0v) is 18.3. The Labute approximate surface area is 181 Å². The number of nitrogens with one attached hydrogen (secondary N) is 1. The summed E-state index contributed by atoms with van der Waals surface area (Å²) >= 11 is 6.21. The lowest BCUT2D eigenvalue weighted by atomic mass is 10.2. The molecule has 0 aliphatic carbocycles. The molecule has 0 unspecified atom stereocenters. The van der Waals surface area contributed by atoms with E-state index in [9.17, 15) is 4.79 Å². The quantitative estimate of drug-likeness (QED) is 0.516. The number of methoxy groups -OCH3 is 1. The van der Waals surface area contributed by atoms with E-state index in [2.05, 4.69) is 10.3 Å². The molecule has 7 nitrogen and oxygen atoms in total. The highest BCUT2D eigenvalue weighted by molar-refractivity contribution is 6.31. The molecule has 2 aromatic heterocycles. The van der Waals surface area contributed by atoms with Gasteiger partial charge in [-0.1, -0.05) is 18.5 Å². The molecule has 0 spiro atoms. The van der Waals surface area contributed by atoms with Gasteiger partial charge in [0.05, 0.1) is 18.4 Å². The molecule has 0 fully saturated rings. The van der Waals surface area contributed by atoms with Crippen molar-refractivity contribution in [2.45, 2.75) is 32.7 Å². The average Bonchev–Trinajstić information content (AvgIpc) is 3.27. The molecule has 0 saturated carbocycles. The first-order valence-electron chi connectivity index (χ1n) is 10.1. The zero-order chi connectivity index (χ0) is 21.5. The minimum Gasteiger partial charge on any atom is -0.461 e. The summed E-state index contributed by atoms with van der Waals surface area (Å²) in [6.45, 7) is 5.63. The second-order valence-corrected chi connectivity index (χ2v) is 7.55. The van der Waals surface area contributed by atoms with Crippen LogP contribution in [-0.4, -0.2) is 48.7 Å². The summed E-state index contributed by atoms with van der Waals surface area (Å²) < 4.78 is 10.8. The van der Waals surface area contributed by atoms with Gasteiger partial charge in [-0.25, -0.2) is 9.97 Å². The van der Waals surface area contributed by atoms with E-state index in [1.54, 1.807) is 25.5 Å². The number of anilines is 1. The Balaban J connectivity index is 1.96. The van der Waals surface area contributed by atoms with Crippen molar-refractivity contribution >= 4 is 34.2 Å². The second-order valence-electron chi connectivity index (χ2n) is 7.12. The summed E-state index contributed by atoms with van der Waals surface area (Å²) in [4.78, 5) is 23.8. The number of carbonyl (C=O) groups is 1. The monoisotopic (exact) mass is 430 g/mol. The highest BCUT2D eigenvalue weighted by atomic mass is 35.5. The lowest BCUT2D eigenvalue weighted by molar-refractivity contribution is -0.121. The number of carbonyl (C=O) groups excluding carboxylic acids is 1. The van der Waals surface area contributed by atoms with Gasteiger partial charge in [-0.3, -0.25) is 4.79 Å². The van der Waals surface area contributed by atoms with Crippen molar-refractivity contribution in [2.24, 2.45) is 0 Å². The third-order valence-corrected chi connectivity index (χ3v) is 5.11. The molecule has 0 radical (unpaired) electrons. The fourth-order valence-corrected chi connectivity index (χ4v) is 3.22. The van der Waals surface area contributed by atoms with Crippen LogP contribution in [0.3, 0.4) is 0 Å². The van der Waals surface area contributed by atoms with E-state index in [1.165, 1.54) is 0 Å². The second kappa shape index (κ2) is 10.4. The smallest absolute Gasteiger partial charge is 0.221 e. The molecule has 0 aliphatic heterocycles. The normalized spacial score (nSPS) is 12.1. The number of benzene rings is 1. The molecule has 1 atom stereocenters. The maximum atomic E-state index is 12.3. The molecule has 30 heavy (non-hydrogen) atoms. The Hall–Kier alpha value is -2.64. The summed E-state index contributed by atoms with van der Waals surface area (Å²) in [5, 5.41) is 4.46. The molecule has 2 heterocycles. The summed E-state index contributed by atoms with van der Waals surface area (Å²) in [5.41, 5.74) is 0.713. The van der Waals surface area contributed by atoms with Gasteiger partial charge in [0.25, 0.3) is 0 Å². The van der Waals surface area contributed by atoms with Crippen molar-refractivity contribution in [3.8, 4) is 11.6 Å². The number of nitrogens with zero attached hydrogens (tertiary/aromatic N) is 3. The number of furan rings is 1. The Morgan fingerprint density at radius 1 is 1.30 bits per heavy atom. The van der Waals surface area contributed by atoms with E-state index in [1.807, 2.05) is 36.9 Å². The maximum absolute atomic E-state index is 12.3. The van der Waals surface area contributed by atoms with E-state index >= 15 is 0 Å². The van der Waals surface area contributed by atoms with E-state index in [0.717, 1.165) is 17.6 Å². The number of hydrogen-bond donors (Lipinski definition) is 1. The standard InChI is InChI=1S/C22H27ClN4O3/c1-4-15(2)24-20(28)9-10-27(11-13-29-3)22-17-8-7-16(23)14-18(17)25-21(26-22)19-6-5-12-30-19/h5-8,12,14-15H,4,9-11,13H2,1-3H3,(H,24,28)/t15-/m1/s1. The zero-order valence-electron chi connectivity index (χ0n) is 17.5. The van der Waals surface area contributed by atoms with Crippen LogP contribution in [0.2, 0.25) is 5.02 Å². The fourth-order valence-electron chi connectivity index (χ4n) is 3.05. The third kappa shape index (κ3) is 5.49. The largest absolute Gasteiger partial charge is 0.461 e. The van der Waals surface area contributed by atoms with Crippen LogP contribution in [-0.2, 0) is 9.53 Å². The lowest BCUT2D eigenvalue weighted by Crippen LogP contribution is -2.36. The molecule has 0 aliphatic rings. The van der Waals surface area contributed by atoms with Gasteiger partial charge in [0.1, 0.15) is 5.82 Å². The Morgan fingerprint density at radius 2 is 2.13 bits per heavy atom. The van der Waals surface area contributed by atoms with Crippen LogP contribution in [0, 0.1) is 0 Å². The first kappa shape index (κ1) is 22.1. The van der Waals surface area contributed by atoms with Gasteiger partial charge >= 0.3 is 0 Å². The Morgan fingerprint density at radius 3 is 2.83 bits per heavy atom. The molecule has 1 amide bonds. The van der Waals surface area contributed by atoms with Gasteiger partial charge < -0.3 is 19.4 Å². The Kier molecular flexibility index (Phi) is 7.65. The number of rotatable bonds is 10. The van der Waals surface area contributed by atoms with Gasteiger partial charge in [-0.2, -0.15) is 0 Å². The number of ether oxygens (including phenoxy) is 1. The number of halogens is 1. The van der Waals surface area contributed by atoms with Crippen LogP contribution in [0.25, 0.3) is 22.5 Å². The molecule has 0 saturated heterocycles. The van der Waals surface area contributed by atoms with Crippen molar-refractivity contribution in [2.75, 3.05) is 31.7 Å². The van der Waals surface area contributed by atoms with E-state index in [0.29, 0.717) is 48.2 Å². The molecule has 1 aromatic carbocycles. The van der Waals surface area contributed by atoms with Crippen LogP contribution in [0.15, 0.2) is 41.0 Å². The van der Waals surface area contributed by atoms with Gasteiger partial charge in [-0.15, -0.1) is 0 Å². The molecule has 3 aromatic rings. The highest BCUT2D eigenvalue weighted by Crippen LogP contribution is 2.29. The fraction of sp³-hybridized carbons (Fsp3) is 0.409. The molecule has 8 heteroatoms. The van der Waals surface area contributed by atoms with Crippen molar-refractivity contribution in [3.63, 3.8) is 0 Å². The summed E-state index contributed by atoms with van der Waals surface area (Å²) in [6.07, 6.45) is 2.83. The maximum Gasteiger partial charge on any atom is 0.221 e. The average molecular weight is 431 g/mol. The van der Waals surface area contributed by atoms with Gasteiger partial charge in [0.15, 0.2) is 11.6 Å². The van der Waals surface area contributed by atoms with E-state index in [4.69, 9.17) is 25.7 Å². The number of aromatic nitrogens is 2. The van der Waals surface area contributed by atoms with Crippen LogP contribution < -0.4 is 10.2 Å². The number of fused-ring (bicyclic) bond motifs is 1. The number of amides is 1. The van der Waals surface area contributed by atoms with Crippen molar-refractivity contribution in [3.05, 3.63) is 41.6 Å². The van der Waals surface area contributed by atoms with Crippen molar-refractivity contribution in [1.82, 2.24) is 15.3 Å².